The van der Waals surface area contributed by atoms with Crippen molar-refractivity contribution < 1.29 is 0 Å². The average Bonchev–Trinajstić information content (AvgIpc) is 2.87. The zero-order chi connectivity index (χ0) is 12.4. The van der Waals surface area contributed by atoms with Gasteiger partial charge in [0.2, 0.25) is 0 Å². The minimum absolute atomic E-state index is 0.819. The Labute approximate surface area is 115 Å². The van der Waals surface area contributed by atoms with Gasteiger partial charge in [-0.3, -0.25) is 0 Å². The monoisotopic (exact) mass is 303 g/mol. The lowest BCUT2D eigenvalue weighted by atomic mass is 10.1. The zero-order valence-electron chi connectivity index (χ0n) is 9.91. The van der Waals surface area contributed by atoms with Crippen LogP contribution < -0.4 is 10.6 Å². The summed E-state index contributed by atoms with van der Waals surface area (Å²) < 4.78 is 0.857. The van der Waals surface area contributed by atoms with Crippen molar-refractivity contribution in [1.82, 2.24) is 4.98 Å². The minimum Gasteiger partial charge on any atom is -0.384 e. The van der Waals surface area contributed by atoms with E-state index < -0.39 is 0 Å². The van der Waals surface area contributed by atoms with Crippen molar-refractivity contribution in [3.63, 3.8) is 0 Å². The largest absolute Gasteiger partial charge is 0.384 e. The Morgan fingerprint density at radius 1 is 1.28 bits per heavy atom. The molecule has 3 rings (SSSR count). The first-order chi connectivity index (χ1) is 8.83. The molecule has 0 saturated heterocycles. The molecule has 0 spiro atoms. The van der Waals surface area contributed by atoms with Crippen LogP contribution in [0.2, 0.25) is 0 Å². The molecule has 0 amide bonds. The molecule has 0 atom stereocenters. The van der Waals surface area contributed by atoms with Gasteiger partial charge >= 0.3 is 0 Å². The normalized spacial score (nSPS) is 12.9. The number of fused-ring (bicyclic) bond motifs is 1. The van der Waals surface area contributed by atoms with Crippen molar-refractivity contribution in [1.29, 1.82) is 0 Å². The van der Waals surface area contributed by atoms with Crippen LogP contribution in [0.1, 0.15) is 11.1 Å². The first kappa shape index (κ1) is 11.5. The maximum Gasteiger partial charge on any atom is 0.106 e. The fraction of sp³-hybridized carbons (Fsp3) is 0.214. The van der Waals surface area contributed by atoms with E-state index in [2.05, 4.69) is 49.7 Å². The Morgan fingerprint density at radius 3 is 3.06 bits per heavy atom. The fourth-order valence-corrected chi connectivity index (χ4v) is 2.47. The molecule has 2 aromatic rings. The number of hydrogen-bond donors (Lipinski definition) is 2. The van der Waals surface area contributed by atoms with Crippen LogP contribution in [0.5, 0.6) is 0 Å². The predicted molar refractivity (Wildman–Crippen MR) is 77.9 cm³/mol. The third kappa shape index (κ3) is 2.34. The Balaban J connectivity index is 1.74. The van der Waals surface area contributed by atoms with Crippen molar-refractivity contribution in [2.45, 2.75) is 13.0 Å². The lowest BCUT2D eigenvalue weighted by Crippen LogP contribution is -2.03. The molecule has 0 bridgehead atoms. The van der Waals surface area contributed by atoms with Gasteiger partial charge < -0.3 is 10.6 Å². The molecule has 0 aliphatic carbocycles. The van der Waals surface area contributed by atoms with Crippen LogP contribution in [0, 0.1) is 0 Å². The number of rotatable bonds is 3. The van der Waals surface area contributed by atoms with Crippen LogP contribution >= 0.6 is 15.9 Å². The number of pyridine rings is 1. The van der Waals surface area contributed by atoms with Crippen molar-refractivity contribution >= 4 is 27.3 Å². The van der Waals surface area contributed by atoms with Gasteiger partial charge in [0.05, 0.1) is 11.9 Å². The molecule has 18 heavy (non-hydrogen) atoms. The van der Waals surface area contributed by atoms with E-state index in [1.165, 1.54) is 16.8 Å². The SMILES string of the molecule is Brc1ccc(NCc2cccc3c2NCC3)cn1. The van der Waals surface area contributed by atoms with Crippen molar-refractivity contribution in [3.8, 4) is 0 Å². The fourth-order valence-electron chi connectivity index (χ4n) is 2.24. The van der Waals surface area contributed by atoms with Gasteiger partial charge in [-0.25, -0.2) is 4.98 Å². The van der Waals surface area contributed by atoms with E-state index in [1.54, 1.807) is 0 Å². The number of anilines is 2. The van der Waals surface area contributed by atoms with Gasteiger partial charge in [0, 0.05) is 18.8 Å². The van der Waals surface area contributed by atoms with E-state index in [-0.39, 0.29) is 0 Å². The molecule has 0 radical (unpaired) electrons. The van der Waals surface area contributed by atoms with E-state index >= 15 is 0 Å². The molecule has 2 heterocycles. The highest BCUT2D eigenvalue weighted by Gasteiger charge is 2.12. The smallest absolute Gasteiger partial charge is 0.106 e. The molecular weight excluding hydrogens is 290 g/mol. The Kier molecular flexibility index (Phi) is 3.19. The molecule has 1 aliphatic heterocycles. The van der Waals surface area contributed by atoms with Gasteiger partial charge in [0.1, 0.15) is 4.60 Å². The second-order valence-corrected chi connectivity index (χ2v) is 5.16. The van der Waals surface area contributed by atoms with E-state index in [0.29, 0.717) is 0 Å². The Morgan fingerprint density at radius 2 is 2.22 bits per heavy atom. The highest BCUT2D eigenvalue weighted by molar-refractivity contribution is 9.10. The van der Waals surface area contributed by atoms with Crippen LogP contribution in [-0.2, 0) is 13.0 Å². The zero-order valence-corrected chi connectivity index (χ0v) is 11.5. The van der Waals surface area contributed by atoms with Crippen LogP contribution in [0.3, 0.4) is 0 Å². The highest BCUT2D eigenvalue weighted by atomic mass is 79.9. The standard InChI is InChI=1S/C14H14BrN3/c15-13-5-4-12(9-18-13)17-8-11-3-1-2-10-6-7-16-14(10)11/h1-5,9,16-17H,6-8H2. The molecule has 0 saturated carbocycles. The first-order valence-electron chi connectivity index (χ1n) is 6.03. The highest BCUT2D eigenvalue weighted by Crippen LogP contribution is 2.26. The minimum atomic E-state index is 0.819. The van der Waals surface area contributed by atoms with E-state index in [1.807, 2.05) is 18.3 Å². The number of aromatic nitrogens is 1. The summed E-state index contributed by atoms with van der Waals surface area (Å²) in [4.78, 5) is 4.20. The van der Waals surface area contributed by atoms with Crippen LogP contribution in [0.15, 0.2) is 41.1 Å². The van der Waals surface area contributed by atoms with Crippen LogP contribution in [0.25, 0.3) is 0 Å². The number of para-hydroxylation sites is 1. The summed E-state index contributed by atoms with van der Waals surface area (Å²) in [6.07, 6.45) is 2.96. The molecule has 1 aromatic carbocycles. The van der Waals surface area contributed by atoms with Gasteiger partial charge in [-0.2, -0.15) is 0 Å². The maximum absolute atomic E-state index is 4.20. The Hall–Kier alpha value is -1.55. The van der Waals surface area contributed by atoms with Crippen LogP contribution in [-0.4, -0.2) is 11.5 Å². The number of halogens is 1. The van der Waals surface area contributed by atoms with Crippen molar-refractivity contribution in [2.24, 2.45) is 0 Å². The molecule has 1 aliphatic rings. The van der Waals surface area contributed by atoms with E-state index in [0.717, 1.165) is 29.8 Å². The van der Waals surface area contributed by atoms with E-state index in [4.69, 9.17) is 0 Å². The summed E-state index contributed by atoms with van der Waals surface area (Å²) in [5, 5.41) is 6.85. The summed E-state index contributed by atoms with van der Waals surface area (Å²) >= 11 is 3.33. The topological polar surface area (TPSA) is 37.0 Å². The second kappa shape index (κ2) is 4.98. The molecular formula is C14H14BrN3. The third-order valence-electron chi connectivity index (χ3n) is 3.14. The van der Waals surface area contributed by atoms with E-state index in [9.17, 15) is 0 Å². The quantitative estimate of drug-likeness (QED) is 0.853. The number of nitrogens with zero attached hydrogens (tertiary/aromatic N) is 1. The first-order valence-corrected chi connectivity index (χ1v) is 6.82. The summed E-state index contributed by atoms with van der Waals surface area (Å²) in [7, 11) is 0. The summed E-state index contributed by atoms with van der Waals surface area (Å²) in [5.41, 5.74) is 5.07. The molecule has 0 fully saturated rings. The molecule has 4 heteroatoms. The summed E-state index contributed by atoms with van der Waals surface area (Å²) in [6.45, 7) is 1.87. The van der Waals surface area contributed by atoms with Gasteiger partial charge in [0.15, 0.2) is 0 Å². The number of benzene rings is 1. The van der Waals surface area contributed by atoms with Gasteiger partial charge in [-0.1, -0.05) is 18.2 Å². The lowest BCUT2D eigenvalue weighted by molar-refractivity contribution is 1.11. The number of nitrogens with one attached hydrogen (secondary N) is 2. The third-order valence-corrected chi connectivity index (χ3v) is 3.61. The lowest BCUT2D eigenvalue weighted by Gasteiger charge is -2.10. The summed E-state index contributed by atoms with van der Waals surface area (Å²) in [6, 6.07) is 10.4. The van der Waals surface area contributed by atoms with Gasteiger partial charge in [-0.05, 0) is 45.6 Å². The second-order valence-electron chi connectivity index (χ2n) is 4.35. The Bertz CT molecular complexity index is 551. The number of hydrogen-bond acceptors (Lipinski definition) is 3. The van der Waals surface area contributed by atoms with Gasteiger partial charge in [0.25, 0.3) is 0 Å². The maximum atomic E-state index is 4.20. The van der Waals surface area contributed by atoms with Crippen molar-refractivity contribution in [3.05, 3.63) is 52.3 Å². The molecule has 92 valence electrons. The summed E-state index contributed by atoms with van der Waals surface area (Å²) in [5.74, 6) is 0. The molecule has 3 nitrogen and oxygen atoms in total. The van der Waals surface area contributed by atoms with Gasteiger partial charge in [-0.15, -0.1) is 0 Å². The van der Waals surface area contributed by atoms with Crippen molar-refractivity contribution in [2.75, 3.05) is 17.2 Å². The predicted octanol–water partition coefficient (Wildman–Crippen LogP) is 3.42. The van der Waals surface area contributed by atoms with Crippen LogP contribution in [0.4, 0.5) is 11.4 Å². The average molecular weight is 304 g/mol. The molecule has 1 aromatic heterocycles. The molecule has 2 N–H and O–H groups in total. The molecule has 0 unspecified atom stereocenters.